The van der Waals surface area contributed by atoms with Crippen LogP contribution in [-0.4, -0.2) is 26.1 Å². The second-order valence-electron chi connectivity index (χ2n) is 5.58. The Bertz CT molecular complexity index is 564. The first-order valence-electron chi connectivity index (χ1n) is 7.22. The maximum absolute atomic E-state index is 5.28. The van der Waals surface area contributed by atoms with E-state index < -0.39 is 0 Å². The van der Waals surface area contributed by atoms with E-state index in [4.69, 9.17) is 4.74 Å². The van der Waals surface area contributed by atoms with Gasteiger partial charge in [-0.2, -0.15) is 0 Å². The highest BCUT2D eigenvalue weighted by molar-refractivity contribution is 5.47. The number of hydrogen-bond donors (Lipinski definition) is 1. The number of nitrogens with zero attached hydrogens (tertiary/aromatic N) is 1. The highest BCUT2D eigenvalue weighted by atomic mass is 16.5. The Balaban J connectivity index is 2.03. The highest BCUT2D eigenvalue weighted by Crippen LogP contribution is 2.23. The third-order valence-electron chi connectivity index (χ3n) is 3.43. The van der Waals surface area contributed by atoms with Gasteiger partial charge in [0.2, 0.25) is 0 Å². The highest BCUT2D eigenvalue weighted by Gasteiger charge is 2.06. The van der Waals surface area contributed by atoms with Crippen LogP contribution in [0, 0.1) is 0 Å². The summed E-state index contributed by atoms with van der Waals surface area (Å²) in [4.78, 5) is 2.17. The van der Waals surface area contributed by atoms with Gasteiger partial charge in [0.15, 0.2) is 0 Å². The fourth-order valence-electron chi connectivity index (χ4n) is 2.32. The minimum atomic E-state index is 0.236. The minimum absolute atomic E-state index is 0.236. The molecule has 2 rings (SSSR count). The molecule has 0 radical (unpaired) electrons. The first kappa shape index (κ1) is 15.4. The molecule has 112 valence electrons. The third kappa shape index (κ3) is 4.50. The molecule has 0 saturated carbocycles. The van der Waals surface area contributed by atoms with E-state index in [9.17, 15) is 0 Å². The van der Waals surface area contributed by atoms with Crippen LogP contribution in [0.4, 0.5) is 5.69 Å². The van der Waals surface area contributed by atoms with E-state index >= 15 is 0 Å². The molecule has 0 heterocycles. The van der Waals surface area contributed by atoms with Gasteiger partial charge in [-0.3, -0.25) is 0 Å². The van der Waals surface area contributed by atoms with E-state index in [-0.39, 0.29) is 6.04 Å². The Morgan fingerprint density at radius 2 is 1.81 bits per heavy atom. The van der Waals surface area contributed by atoms with Crippen LogP contribution >= 0.6 is 0 Å². The lowest BCUT2D eigenvalue weighted by Gasteiger charge is -2.17. The van der Waals surface area contributed by atoms with Crippen LogP contribution in [0.5, 0.6) is 5.75 Å². The molecule has 3 heteroatoms. The van der Waals surface area contributed by atoms with Crippen molar-refractivity contribution in [1.82, 2.24) is 4.90 Å². The standard InChI is InChI=1S/C18H24N2O/c1-14(16-6-5-7-18(12-16)21-4)19-17-10-8-15(9-11-17)13-20(2)3/h5-12,14,19H,13H2,1-4H3. The molecule has 2 aromatic carbocycles. The average Bonchev–Trinajstić information content (AvgIpc) is 2.49. The van der Waals surface area contributed by atoms with Gasteiger partial charge in [0, 0.05) is 18.3 Å². The maximum Gasteiger partial charge on any atom is 0.119 e. The Labute approximate surface area is 127 Å². The van der Waals surface area contributed by atoms with Crippen LogP contribution in [0.15, 0.2) is 48.5 Å². The van der Waals surface area contributed by atoms with Gasteiger partial charge in [-0.1, -0.05) is 24.3 Å². The van der Waals surface area contributed by atoms with E-state index in [0.29, 0.717) is 0 Å². The van der Waals surface area contributed by atoms with E-state index in [1.165, 1.54) is 11.1 Å². The van der Waals surface area contributed by atoms with Gasteiger partial charge in [-0.25, -0.2) is 0 Å². The summed E-state index contributed by atoms with van der Waals surface area (Å²) in [7, 11) is 5.86. The van der Waals surface area contributed by atoms with E-state index in [2.05, 4.69) is 67.6 Å². The molecule has 0 bridgehead atoms. The molecule has 3 nitrogen and oxygen atoms in total. The molecule has 1 N–H and O–H groups in total. The summed E-state index contributed by atoms with van der Waals surface area (Å²) < 4.78 is 5.28. The summed E-state index contributed by atoms with van der Waals surface area (Å²) in [6.07, 6.45) is 0. The maximum atomic E-state index is 5.28. The predicted molar refractivity (Wildman–Crippen MR) is 88.9 cm³/mol. The van der Waals surface area contributed by atoms with Gasteiger partial charge in [0.05, 0.1) is 7.11 Å². The lowest BCUT2D eigenvalue weighted by Crippen LogP contribution is -2.11. The molecule has 21 heavy (non-hydrogen) atoms. The van der Waals surface area contributed by atoms with Crippen LogP contribution < -0.4 is 10.1 Å². The molecular weight excluding hydrogens is 260 g/mol. The van der Waals surface area contributed by atoms with Gasteiger partial charge in [0.25, 0.3) is 0 Å². The molecule has 1 atom stereocenters. The van der Waals surface area contributed by atoms with Crippen molar-refractivity contribution in [3.63, 3.8) is 0 Å². The summed E-state index contributed by atoms with van der Waals surface area (Å²) in [6.45, 7) is 3.12. The van der Waals surface area contributed by atoms with Crippen LogP contribution in [0.3, 0.4) is 0 Å². The molecular formula is C18H24N2O. The lowest BCUT2D eigenvalue weighted by atomic mass is 10.1. The van der Waals surface area contributed by atoms with E-state index in [1.807, 2.05) is 12.1 Å². The third-order valence-corrected chi connectivity index (χ3v) is 3.43. The zero-order valence-electron chi connectivity index (χ0n) is 13.3. The van der Waals surface area contributed by atoms with Gasteiger partial charge < -0.3 is 15.0 Å². The van der Waals surface area contributed by atoms with Gasteiger partial charge in [0.1, 0.15) is 5.75 Å². The van der Waals surface area contributed by atoms with Crippen molar-refractivity contribution in [2.24, 2.45) is 0 Å². The second-order valence-corrected chi connectivity index (χ2v) is 5.58. The lowest BCUT2D eigenvalue weighted by molar-refractivity contribution is 0.402. The smallest absolute Gasteiger partial charge is 0.119 e. The van der Waals surface area contributed by atoms with Gasteiger partial charge >= 0.3 is 0 Å². The Morgan fingerprint density at radius 3 is 2.43 bits per heavy atom. The van der Waals surface area contributed by atoms with Crippen molar-refractivity contribution in [2.45, 2.75) is 19.5 Å². The molecule has 0 spiro atoms. The molecule has 0 saturated heterocycles. The summed E-state index contributed by atoms with van der Waals surface area (Å²) in [5, 5.41) is 3.52. The predicted octanol–water partition coefficient (Wildman–Crippen LogP) is 3.93. The van der Waals surface area contributed by atoms with Crippen molar-refractivity contribution in [1.29, 1.82) is 0 Å². The molecule has 0 aliphatic rings. The van der Waals surface area contributed by atoms with E-state index in [0.717, 1.165) is 18.0 Å². The molecule has 0 amide bonds. The number of methoxy groups -OCH3 is 1. The number of hydrogen-bond acceptors (Lipinski definition) is 3. The molecule has 0 aliphatic heterocycles. The van der Waals surface area contributed by atoms with Crippen molar-refractivity contribution in [3.05, 3.63) is 59.7 Å². The first-order valence-corrected chi connectivity index (χ1v) is 7.22. The Hall–Kier alpha value is -2.00. The normalized spacial score (nSPS) is 12.2. The first-order chi connectivity index (χ1) is 10.1. The van der Waals surface area contributed by atoms with E-state index in [1.54, 1.807) is 7.11 Å². The number of ether oxygens (including phenoxy) is 1. The van der Waals surface area contributed by atoms with Crippen LogP contribution in [-0.2, 0) is 6.54 Å². The Morgan fingerprint density at radius 1 is 1.10 bits per heavy atom. The SMILES string of the molecule is COc1cccc(C(C)Nc2ccc(CN(C)C)cc2)c1. The summed E-state index contributed by atoms with van der Waals surface area (Å²) >= 11 is 0. The molecule has 2 aromatic rings. The monoisotopic (exact) mass is 284 g/mol. The summed E-state index contributed by atoms with van der Waals surface area (Å²) in [5.74, 6) is 0.891. The number of rotatable bonds is 6. The molecule has 1 unspecified atom stereocenters. The molecule has 0 fully saturated rings. The fourth-order valence-corrected chi connectivity index (χ4v) is 2.32. The topological polar surface area (TPSA) is 24.5 Å². The van der Waals surface area contributed by atoms with Crippen LogP contribution in [0.2, 0.25) is 0 Å². The second kappa shape index (κ2) is 7.14. The minimum Gasteiger partial charge on any atom is -0.497 e. The fraction of sp³-hybridized carbons (Fsp3) is 0.333. The summed E-state index contributed by atoms with van der Waals surface area (Å²) in [5.41, 5.74) is 3.67. The average molecular weight is 284 g/mol. The van der Waals surface area contributed by atoms with Gasteiger partial charge in [-0.05, 0) is 56.4 Å². The van der Waals surface area contributed by atoms with Crippen molar-refractivity contribution < 1.29 is 4.74 Å². The van der Waals surface area contributed by atoms with Crippen molar-refractivity contribution in [2.75, 3.05) is 26.5 Å². The zero-order valence-corrected chi connectivity index (χ0v) is 13.3. The number of nitrogens with one attached hydrogen (secondary N) is 1. The number of benzene rings is 2. The molecule has 0 aromatic heterocycles. The largest absolute Gasteiger partial charge is 0.497 e. The molecule has 0 aliphatic carbocycles. The van der Waals surface area contributed by atoms with Gasteiger partial charge in [-0.15, -0.1) is 0 Å². The van der Waals surface area contributed by atoms with Crippen molar-refractivity contribution in [3.8, 4) is 5.75 Å². The van der Waals surface area contributed by atoms with Crippen LogP contribution in [0.1, 0.15) is 24.1 Å². The number of anilines is 1. The quantitative estimate of drug-likeness (QED) is 0.870. The zero-order chi connectivity index (χ0) is 15.2. The summed E-state index contributed by atoms with van der Waals surface area (Å²) in [6, 6.07) is 17.0. The van der Waals surface area contributed by atoms with Crippen molar-refractivity contribution >= 4 is 5.69 Å². The van der Waals surface area contributed by atoms with Crippen LogP contribution in [0.25, 0.3) is 0 Å². The Kier molecular flexibility index (Phi) is 5.23.